The van der Waals surface area contributed by atoms with Crippen LogP contribution in [0.4, 0.5) is 0 Å². The van der Waals surface area contributed by atoms with Crippen LogP contribution in [-0.2, 0) is 0 Å². The van der Waals surface area contributed by atoms with E-state index in [1.54, 1.807) is 0 Å². The molecule has 0 aromatic carbocycles. The second-order valence-electron chi connectivity index (χ2n) is 2.84. The summed E-state index contributed by atoms with van der Waals surface area (Å²) in [6.07, 6.45) is -1.74. The van der Waals surface area contributed by atoms with Gasteiger partial charge in [0.15, 0.2) is 0 Å². The molecule has 0 aliphatic heterocycles. The first-order valence-corrected chi connectivity index (χ1v) is 11.1. The van der Waals surface area contributed by atoms with Gasteiger partial charge in [0, 0.05) is 0 Å². The Morgan fingerprint density at radius 1 is 1.00 bits per heavy atom. The number of halogens is 4. The van der Waals surface area contributed by atoms with E-state index >= 15 is 0 Å². The standard InChI is InChI=1S/C8H12Cl4O2Se/c1-5(13)7(3-9)15(11,12)8(4-10)6(2)14/h3-6,13-14H,1-2H3/b7-3-,8-4-. The molecular weight excluding hydrogens is 349 g/mol. The first kappa shape index (κ1) is 16.1. The quantitative estimate of drug-likeness (QED) is 0.757. The van der Waals surface area contributed by atoms with E-state index in [1.807, 2.05) is 0 Å². The van der Waals surface area contributed by atoms with Crippen molar-refractivity contribution in [1.29, 1.82) is 0 Å². The SMILES string of the molecule is CC(O)/C(=C/Cl)[Se](Cl)(Cl)/C(=C\Cl)C(C)O. The molecule has 0 bridgehead atoms. The molecule has 0 aliphatic carbocycles. The third-order valence-corrected chi connectivity index (χ3v) is 10.8. The maximum absolute atomic E-state index is 9.44. The van der Waals surface area contributed by atoms with Crippen molar-refractivity contribution < 1.29 is 10.2 Å². The van der Waals surface area contributed by atoms with E-state index < -0.39 is 23.2 Å². The summed E-state index contributed by atoms with van der Waals surface area (Å²) < 4.78 is 0.619. The minimum atomic E-state index is -3.38. The van der Waals surface area contributed by atoms with Gasteiger partial charge >= 0.3 is 111 Å². The third-order valence-electron chi connectivity index (χ3n) is 1.63. The van der Waals surface area contributed by atoms with Crippen LogP contribution in [0.1, 0.15) is 13.8 Å². The summed E-state index contributed by atoms with van der Waals surface area (Å²) in [7, 11) is 12.3. The summed E-state index contributed by atoms with van der Waals surface area (Å²) in [6, 6.07) is 0. The molecule has 2 N–H and O–H groups in total. The summed E-state index contributed by atoms with van der Waals surface area (Å²) in [5, 5.41) is 18.9. The number of aliphatic hydroxyl groups excluding tert-OH is 2. The zero-order valence-corrected chi connectivity index (χ0v) is 12.9. The second-order valence-corrected chi connectivity index (χ2v) is 12.9. The predicted molar refractivity (Wildman–Crippen MR) is 68.7 cm³/mol. The fourth-order valence-corrected chi connectivity index (χ4v) is 10.0. The van der Waals surface area contributed by atoms with Crippen molar-refractivity contribution in [3.8, 4) is 0 Å². The summed E-state index contributed by atoms with van der Waals surface area (Å²) >= 11 is 7.72. The van der Waals surface area contributed by atoms with Crippen molar-refractivity contribution >= 4 is 54.4 Å². The van der Waals surface area contributed by atoms with Crippen LogP contribution < -0.4 is 0 Å². The van der Waals surface area contributed by atoms with Crippen LogP contribution in [0.2, 0.25) is 0 Å². The molecule has 0 heterocycles. The Balaban J connectivity index is 5.28. The van der Waals surface area contributed by atoms with E-state index in [4.69, 9.17) is 43.4 Å². The molecular formula is C8H12Cl4O2Se. The van der Waals surface area contributed by atoms with E-state index in [2.05, 4.69) is 0 Å². The van der Waals surface area contributed by atoms with Crippen LogP contribution in [0.3, 0.4) is 0 Å². The molecule has 0 rings (SSSR count). The molecule has 0 aromatic rings. The molecule has 2 nitrogen and oxygen atoms in total. The van der Waals surface area contributed by atoms with Crippen molar-refractivity contribution in [3.63, 3.8) is 0 Å². The van der Waals surface area contributed by atoms with Crippen molar-refractivity contribution in [3.05, 3.63) is 20.0 Å². The maximum atomic E-state index is 9.44. The molecule has 0 saturated carbocycles. The van der Waals surface area contributed by atoms with E-state index in [1.165, 1.54) is 13.8 Å². The van der Waals surface area contributed by atoms with Gasteiger partial charge in [0.2, 0.25) is 0 Å². The fraction of sp³-hybridized carbons (Fsp3) is 0.500. The van der Waals surface area contributed by atoms with Crippen LogP contribution in [0.5, 0.6) is 0 Å². The van der Waals surface area contributed by atoms with Gasteiger partial charge in [0.1, 0.15) is 0 Å². The zero-order chi connectivity index (χ0) is 12.2. The fourth-order valence-electron chi connectivity index (χ4n) is 0.859. The third kappa shape index (κ3) is 4.10. The van der Waals surface area contributed by atoms with Gasteiger partial charge in [0.05, 0.1) is 0 Å². The van der Waals surface area contributed by atoms with Crippen molar-refractivity contribution in [2.75, 3.05) is 0 Å². The summed E-state index contributed by atoms with van der Waals surface area (Å²) in [4.78, 5) is 0. The molecule has 2 atom stereocenters. The Hall–Kier alpha value is 1.08. The topological polar surface area (TPSA) is 40.5 Å². The molecule has 0 spiro atoms. The molecule has 90 valence electrons. The molecule has 0 amide bonds. The number of hydrogen-bond donors (Lipinski definition) is 2. The normalized spacial score (nSPS) is 20.0. The molecule has 0 radical (unpaired) electrons. The van der Waals surface area contributed by atoms with E-state index in [-0.39, 0.29) is 0 Å². The molecule has 15 heavy (non-hydrogen) atoms. The Kier molecular flexibility index (Phi) is 7.21. The van der Waals surface area contributed by atoms with E-state index in [9.17, 15) is 10.2 Å². The molecule has 2 unspecified atom stereocenters. The Morgan fingerprint density at radius 3 is 1.40 bits per heavy atom. The van der Waals surface area contributed by atoms with Crippen LogP contribution in [0.25, 0.3) is 0 Å². The molecule has 0 saturated heterocycles. The van der Waals surface area contributed by atoms with Crippen LogP contribution in [-0.4, -0.2) is 33.4 Å². The molecule has 0 fully saturated rings. The van der Waals surface area contributed by atoms with Crippen molar-refractivity contribution in [2.24, 2.45) is 0 Å². The van der Waals surface area contributed by atoms with Gasteiger partial charge in [0.25, 0.3) is 0 Å². The molecule has 0 aliphatic rings. The second kappa shape index (κ2) is 6.73. The molecule has 0 aromatic heterocycles. The predicted octanol–water partition coefficient (Wildman–Crippen LogP) is 2.99. The average molecular weight is 361 g/mol. The number of hydrogen-bond acceptors (Lipinski definition) is 2. The number of aliphatic hydroxyl groups is 2. The summed E-state index contributed by atoms with van der Waals surface area (Å²) in [6.45, 7) is 3.00. The zero-order valence-electron chi connectivity index (χ0n) is 8.12. The number of rotatable bonds is 4. The minimum absolute atomic E-state index is 0.309. The van der Waals surface area contributed by atoms with Gasteiger partial charge in [-0.1, -0.05) is 0 Å². The van der Waals surface area contributed by atoms with E-state index in [0.717, 1.165) is 11.1 Å². The van der Waals surface area contributed by atoms with Gasteiger partial charge in [-0.25, -0.2) is 0 Å². The van der Waals surface area contributed by atoms with Crippen LogP contribution >= 0.6 is 43.4 Å². The van der Waals surface area contributed by atoms with Gasteiger partial charge < -0.3 is 0 Å². The summed E-state index contributed by atoms with van der Waals surface area (Å²) in [5.74, 6) is 0. The van der Waals surface area contributed by atoms with Crippen LogP contribution in [0, 0.1) is 0 Å². The molecule has 7 heteroatoms. The van der Waals surface area contributed by atoms with Crippen LogP contribution in [0.15, 0.2) is 20.0 Å². The average Bonchev–Trinajstić information content (AvgIpc) is 2.02. The summed E-state index contributed by atoms with van der Waals surface area (Å²) in [5.41, 5.74) is 2.29. The van der Waals surface area contributed by atoms with Crippen molar-refractivity contribution in [1.82, 2.24) is 0 Å². The first-order chi connectivity index (χ1) is 6.78. The Labute approximate surface area is 110 Å². The van der Waals surface area contributed by atoms with Gasteiger partial charge in [-0.15, -0.1) is 0 Å². The van der Waals surface area contributed by atoms with E-state index in [0.29, 0.717) is 8.94 Å². The van der Waals surface area contributed by atoms with Gasteiger partial charge in [-0.05, 0) is 0 Å². The Bertz CT molecular complexity index is 248. The van der Waals surface area contributed by atoms with Gasteiger partial charge in [-0.2, -0.15) is 0 Å². The first-order valence-electron chi connectivity index (χ1n) is 3.98. The monoisotopic (exact) mass is 360 g/mol. The Morgan fingerprint density at radius 2 is 1.27 bits per heavy atom. The van der Waals surface area contributed by atoms with Gasteiger partial charge in [-0.3, -0.25) is 0 Å². The van der Waals surface area contributed by atoms with Crippen molar-refractivity contribution in [2.45, 2.75) is 26.1 Å².